The summed E-state index contributed by atoms with van der Waals surface area (Å²) in [5.41, 5.74) is 3.38. The van der Waals surface area contributed by atoms with Crippen LogP contribution in [-0.4, -0.2) is 29.1 Å². The summed E-state index contributed by atoms with van der Waals surface area (Å²) in [4.78, 5) is 6.74. The first-order chi connectivity index (χ1) is 14.5. The monoisotopic (exact) mass is 425 g/mol. The number of rotatable bonds is 5. The van der Waals surface area contributed by atoms with Crippen LogP contribution >= 0.6 is 11.6 Å². The van der Waals surface area contributed by atoms with Gasteiger partial charge in [-0.05, 0) is 87.7 Å². The largest absolute Gasteiger partial charge is 0.334 e. The standard InChI is InChI=1S/C24H25ClFN3O/c1-29(2)23(18-9-13-21(26)14-10-18)17-5-3-16(4-6-17)15-22-27-24(28-30-22)19-7-11-20(25)12-8-19/h7-15,17,23H,3-6H2,1-2H3. The van der Waals surface area contributed by atoms with E-state index >= 15 is 0 Å². The van der Waals surface area contributed by atoms with E-state index < -0.39 is 0 Å². The maximum Gasteiger partial charge on any atom is 0.250 e. The summed E-state index contributed by atoms with van der Waals surface area (Å²) in [6.45, 7) is 0. The maximum absolute atomic E-state index is 13.3. The van der Waals surface area contributed by atoms with E-state index in [1.165, 1.54) is 11.1 Å². The molecule has 1 aliphatic carbocycles. The van der Waals surface area contributed by atoms with Gasteiger partial charge >= 0.3 is 0 Å². The molecule has 1 aliphatic rings. The minimum Gasteiger partial charge on any atom is -0.334 e. The molecule has 1 fully saturated rings. The van der Waals surface area contributed by atoms with Crippen molar-refractivity contribution in [1.82, 2.24) is 15.0 Å². The van der Waals surface area contributed by atoms with Gasteiger partial charge in [-0.25, -0.2) is 4.39 Å². The summed E-state index contributed by atoms with van der Waals surface area (Å²) >= 11 is 5.94. The molecule has 0 saturated heterocycles. The van der Waals surface area contributed by atoms with Crippen LogP contribution < -0.4 is 0 Å². The predicted molar refractivity (Wildman–Crippen MR) is 118 cm³/mol. The molecule has 4 nitrogen and oxygen atoms in total. The molecule has 1 saturated carbocycles. The highest BCUT2D eigenvalue weighted by Crippen LogP contribution is 2.39. The molecule has 3 aromatic rings. The maximum atomic E-state index is 13.3. The highest BCUT2D eigenvalue weighted by atomic mass is 35.5. The lowest BCUT2D eigenvalue weighted by Crippen LogP contribution is -2.29. The van der Waals surface area contributed by atoms with E-state index in [-0.39, 0.29) is 11.9 Å². The number of aromatic nitrogens is 2. The first kappa shape index (κ1) is 20.8. The molecule has 4 rings (SSSR count). The second-order valence-corrected chi connectivity index (χ2v) is 8.50. The van der Waals surface area contributed by atoms with Gasteiger partial charge in [0, 0.05) is 22.7 Å². The normalized spacial score (nSPS) is 17.9. The van der Waals surface area contributed by atoms with Gasteiger partial charge in [0.1, 0.15) is 5.82 Å². The summed E-state index contributed by atoms with van der Waals surface area (Å²) in [5.74, 6) is 1.44. The SMILES string of the molecule is CN(C)C(c1ccc(F)cc1)C1CCC(=Cc2nc(-c3ccc(Cl)cc3)no2)CC1. The van der Waals surface area contributed by atoms with Crippen LogP contribution in [0, 0.1) is 11.7 Å². The summed E-state index contributed by atoms with van der Waals surface area (Å²) < 4.78 is 18.8. The third kappa shape index (κ3) is 4.79. The van der Waals surface area contributed by atoms with Crippen LogP contribution in [0.25, 0.3) is 17.5 Å². The van der Waals surface area contributed by atoms with Crippen molar-refractivity contribution in [1.29, 1.82) is 0 Å². The fourth-order valence-electron chi connectivity index (χ4n) is 4.31. The number of halogens is 2. The fraction of sp³-hybridized carbons (Fsp3) is 0.333. The van der Waals surface area contributed by atoms with Crippen molar-refractivity contribution >= 4 is 17.7 Å². The molecule has 2 aromatic carbocycles. The lowest BCUT2D eigenvalue weighted by Gasteiger charge is -2.36. The second kappa shape index (κ2) is 9.11. The first-order valence-corrected chi connectivity index (χ1v) is 10.6. The van der Waals surface area contributed by atoms with Crippen LogP contribution in [0.4, 0.5) is 4.39 Å². The van der Waals surface area contributed by atoms with Crippen LogP contribution in [0.15, 0.2) is 58.6 Å². The molecule has 1 atom stereocenters. The van der Waals surface area contributed by atoms with Crippen molar-refractivity contribution in [2.24, 2.45) is 5.92 Å². The van der Waals surface area contributed by atoms with Gasteiger partial charge in [0.15, 0.2) is 0 Å². The molecule has 156 valence electrons. The van der Waals surface area contributed by atoms with Crippen molar-refractivity contribution in [3.63, 3.8) is 0 Å². The minimum absolute atomic E-state index is 0.192. The molecule has 0 aliphatic heterocycles. The third-order valence-electron chi connectivity index (χ3n) is 5.76. The number of nitrogens with zero attached hydrogens (tertiary/aromatic N) is 3. The van der Waals surface area contributed by atoms with Gasteiger partial charge in [0.25, 0.3) is 5.89 Å². The Morgan fingerprint density at radius 2 is 1.73 bits per heavy atom. The van der Waals surface area contributed by atoms with Crippen LogP contribution in [-0.2, 0) is 0 Å². The van der Waals surface area contributed by atoms with Crippen molar-refractivity contribution in [2.75, 3.05) is 14.1 Å². The van der Waals surface area contributed by atoms with Crippen molar-refractivity contribution in [2.45, 2.75) is 31.7 Å². The van der Waals surface area contributed by atoms with Crippen LogP contribution in [0.5, 0.6) is 0 Å². The predicted octanol–water partition coefficient (Wildman–Crippen LogP) is 6.41. The quantitative estimate of drug-likeness (QED) is 0.474. The molecule has 0 amide bonds. The van der Waals surface area contributed by atoms with E-state index in [1.54, 1.807) is 12.1 Å². The second-order valence-electron chi connectivity index (χ2n) is 8.06. The van der Waals surface area contributed by atoms with Crippen LogP contribution in [0.2, 0.25) is 5.02 Å². The van der Waals surface area contributed by atoms with Gasteiger partial charge in [0.2, 0.25) is 5.82 Å². The summed E-state index contributed by atoms with van der Waals surface area (Å²) in [5, 5.41) is 4.76. The van der Waals surface area contributed by atoms with E-state index in [9.17, 15) is 4.39 Å². The van der Waals surface area contributed by atoms with Gasteiger partial charge in [-0.15, -0.1) is 0 Å². The minimum atomic E-state index is -0.192. The van der Waals surface area contributed by atoms with Gasteiger partial charge in [0.05, 0.1) is 0 Å². The lowest BCUT2D eigenvalue weighted by molar-refractivity contribution is 0.183. The molecule has 1 unspecified atom stereocenters. The Kier molecular flexibility index (Phi) is 6.30. The van der Waals surface area contributed by atoms with E-state index in [0.29, 0.717) is 22.7 Å². The summed E-state index contributed by atoms with van der Waals surface area (Å²) in [7, 11) is 4.19. The molecule has 0 radical (unpaired) electrons. The lowest BCUT2D eigenvalue weighted by atomic mass is 9.78. The molecule has 1 heterocycles. The van der Waals surface area contributed by atoms with Gasteiger partial charge in [-0.1, -0.05) is 34.5 Å². The third-order valence-corrected chi connectivity index (χ3v) is 6.01. The zero-order valence-corrected chi connectivity index (χ0v) is 17.9. The van der Waals surface area contributed by atoms with E-state index in [4.69, 9.17) is 16.1 Å². The Balaban J connectivity index is 1.43. The zero-order chi connectivity index (χ0) is 21.1. The smallest absolute Gasteiger partial charge is 0.250 e. The van der Waals surface area contributed by atoms with Gasteiger partial charge in [-0.2, -0.15) is 4.98 Å². The molecule has 1 aromatic heterocycles. The Morgan fingerprint density at radius 1 is 1.07 bits per heavy atom. The molecule has 6 heteroatoms. The Hall–Kier alpha value is -2.50. The van der Waals surface area contributed by atoms with Crippen molar-refractivity contribution in [3.8, 4) is 11.4 Å². The number of benzene rings is 2. The van der Waals surface area contributed by atoms with Gasteiger partial charge < -0.3 is 9.42 Å². The van der Waals surface area contributed by atoms with Gasteiger partial charge in [-0.3, -0.25) is 0 Å². The Bertz CT molecular complexity index is 1000. The zero-order valence-electron chi connectivity index (χ0n) is 17.2. The number of hydrogen-bond donors (Lipinski definition) is 0. The summed E-state index contributed by atoms with van der Waals surface area (Å²) in [6, 6.07) is 14.6. The highest BCUT2D eigenvalue weighted by Gasteiger charge is 2.28. The fourth-order valence-corrected chi connectivity index (χ4v) is 4.43. The average molecular weight is 426 g/mol. The molecule has 0 bridgehead atoms. The number of hydrogen-bond acceptors (Lipinski definition) is 4. The van der Waals surface area contributed by atoms with Crippen LogP contribution in [0.1, 0.15) is 43.2 Å². The average Bonchev–Trinajstić information content (AvgIpc) is 3.20. The first-order valence-electron chi connectivity index (χ1n) is 10.2. The topological polar surface area (TPSA) is 42.2 Å². The molecule has 0 N–H and O–H groups in total. The highest BCUT2D eigenvalue weighted by molar-refractivity contribution is 6.30. The van der Waals surface area contributed by atoms with E-state index in [0.717, 1.165) is 31.2 Å². The van der Waals surface area contributed by atoms with Crippen molar-refractivity contribution in [3.05, 3.63) is 76.4 Å². The van der Waals surface area contributed by atoms with E-state index in [2.05, 4.69) is 29.1 Å². The molecule has 30 heavy (non-hydrogen) atoms. The molecular weight excluding hydrogens is 401 g/mol. The van der Waals surface area contributed by atoms with Crippen LogP contribution in [0.3, 0.4) is 0 Å². The molecular formula is C24H25ClFN3O. The number of allylic oxidation sites excluding steroid dienone is 1. The summed E-state index contributed by atoms with van der Waals surface area (Å²) in [6.07, 6.45) is 6.16. The van der Waals surface area contributed by atoms with E-state index in [1.807, 2.05) is 42.5 Å². The molecule has 0 spiro atoms. The van der Waals surface area contributed by atoms with Crippen molar-refractivity contribution < 1.29 is 8.91 Å². The Morgan fingerprint density at radius 3 is 2.37 bits per heavy atom. The Labute approximate surface area is 181 Å².